The maximum absolute atomic E-state index is 13.1. The van der Waals surface area contributed by atoms with Crippen LogP contribution in [0.3, 0.4) is 0 Å². The van der Waals surface area contributed by atoms with E-state index in [0.717, 1.165) is 54.0 Å². The molecule has 0 spiro atoms. The molecular weight excluding hydrogens is 479 g/mol. The number of halogens is 1. The van der Waals surface area contributed by atoms with Crippen molar-refractivity contribution in [2.24, 2.45) is 11.8 Å². The zero-order chi connectivity index (χ0) is 28.6. The van der Waals surface area contributed by atoms with Crippen molar-refractivity contribution in [1.29, 1.82) is 0 Å². The third-order valence-corrected chi connectivity index (χ3v) is 7.95. The van der Waals surface area contributed by atoms with Crippen molar-refractivity contribution in [3.8, 4) is 0 Å². The molecule has 2 nitrogen and oxygen atoms in total. The first-order valence-electron chi connectivity index (χ1n) is 15.4. The van der Waals surface area contributed by atoms with E-state index in [1.54, 1.807) is 0 Å². The second-order valence-corrected chi connectivity index (χ2v) is 11.3. The molecule has 1 aliphatic carbocycles. The number of aromatic nitrogens is 2. The van der Waals surface area contributed by atoms with Gasteiger partial charge in [0.05, 0.1) is 5.52 Å². The second-order valence-electron chi connectivity index (χ2n) is 11.3. The first-order chi connectivity index (χ1) is 18.8. The van der Waals surface area contributed by atoms with Crippen molar-refractivity contribution in [2.45, 2.75) is 112 Å². The van der Waals surface area contributed by atoms with Crippen molar-refractivity contribution >= 4 is 17.0 Å². The number of aryl methyl sites for hydroxylation is 1. The molecule has 4 rings (SSSR count). The Kier molecular flexibility index (Phi) is 14.9. The molecule has 2 aromatic carbocycles. The van der Waals surface area contributed by atoms with Crippen LogP contribution in [0.1, 0.15) is 122 Å². The summed E-state index contributed by atoms with van der Waals surface area (Å²) in [5.74, 6) is 2.43. The quantitative estimate of drug-likeness (QED) is 0.273. The number of aromatic amines is 1. The zero-order valence-electron chi connectivity index (χ0n) is 25.5. The molecule has 1 heterocycles. The fourth-order valence-corrected chi connectivity index (χ4v) is 5.82. The largest absolute Gasteiger partial charge is 0.281 e. The van der Waals surface area contributed by atoms with Gasteiger partial charge in [-0.25, -0.2) is 4.39 Å². The summed E-state index contributed by atoms with van der Waals surface area (Å²) in [6, 6.07) is 13.2. The molecular formula is C36H53FN2. The number of hydrogen-bond donors (Lipinski definition) is 1. The molecule has 214 valence electrons. The highest BCUT2D eigenvalue weighted by Gasteiger charge is 2.21. The van der Waals surface area contributed by atoms with Gasteiger partial charge in [-0.15, -0.1) is 0 Å². The molecule has 39 heavy (non-hydrogen) atoms. The number of allylic oxidation sites excluding steroid dienone is 2. The molecule has 0 radical (unpaired) electrons. The Hall–Kier alpha value is -2.68. The van der Waals surface area contributed by atoms with Gasteiger partial charge in [0.2, 0.25) is 0 Å². The minimum absolute atomic E-state index is 0.224. The fourth-order valence-electron chi connectivity index (χ4n) is 5.82. The second kappa shape index (κ2) is 17.8. The Balaban J connectivity index is 0.000000214. The average Bonchev–Trinajstić information content (AvgIpc) is 3.35. The summed E-state index contributed by atoms with van der Waals surface area (Å²) in [6.07, 6.45) is 17.6. The van der Waals surface area contributed by atoms with E-state index in [0.29, 0.717) is 5.92 Å². The Morgan fingerprint density at radius 3 is 2.18 bits per heavy atom. The van der Waals surface area contributed by atoms with Gasteiger partial charge in [-0.05, 0) is 56.2 Å². The monoisotopic (exact) mass is 532 g/mol. The maximum Gasteiger partial charge on any atom is 0.125 e. The number of nitrogens with one attached hydrogen (secondary N) is 1. The lowest BCUT2D eigenvalue weighted by molar-refractivity contribution is 0.224. The summed E-state index contributed by atoms with van der Waals surface area (Å²) >= 11 is 0. The molecule has 0 aliphatic heterocycles. The molecule has 3 aromatic rings. The van der Waals surface area contributed by atoms with Gasteiger partial charge < -0.3 is 0 Å². The first kappa shape index (κ1) is 32.5. The summed E-state index contributed by atoms with van der Waals surface area (Å²) in [6.45, 7) is 17.0. The third kappa shape index (κ3) is 11.1. The van der Waals surface area contributed by atoms with Crippen LogP contribution in [0.5, 0.6) is 0 Å². The summed E-state index contributed by atoms with van der Waals surface area (Å²) in [5, 5.41) is 8.36. The lowest BCUT2D eigenvalue weighted by atomic mass is 9.77. The van der Waals surface area contributed by atoms with Crippen LogP contribution in [0.4, 0.5) is 4.39 Å². The van der Waals surface area contributed by atoms with Gasteiger partial charge in [0, 0.05) is 23.1 Å². The Morgan fingerprint density at radius 2 is 1.64 bits per heavy atom. The van der Waals surface area contributed by atoms with Crippen molar-refractivity contribution in [2.75, 3.05) is 0 Å². The van der Waals surface area contributed by atoms with Crippen LogP contribution in [0.15, 0.2) is 60.7 Å². The fraction of sp³-hybridized carbons (Fsp3) is 0.528. The molecule has 1 aromatic heterocycles. The molecule has 0 saturated heterocycles. The molecule has 0 bridgehead atoms. The molecule has 1 aliphatic rings. The van der Waals surface area contributed by atoms with Crippen molar-refractivity contribution in [3.63, 3.8) is 0 Å². The van der Waals surface area contributed by atoms with E-state index in [1.165, 1.54) is 67.5 Å². The highest BCUT2D eigenvalue weighted by atomic mass is 19.1. The average molecular weight is 533 g/mol. The normalized spacial score (nSPS) is 17.0. The van der Waals surface area contributed by atoms with E-state index in [2.05, 4.69) is 81.7 Å². The number of nitrogens with zero attached hydrogens (tertiary/aromatic N) is 1. The molecule has 1 fully saturated rings. The number of rotatable bonds is 9. The van der Waals surface area contributed by atoms with Crippen molar-refractivity contribution in [3.05, 3.63) is 83.3 Å². The van der Waals surface area contributed by atoms with Crippen LogP contribution in [0.25, 0.3) is 17.0 Å². The lowest BCUT2D eigenvalue weighted by Gasteiger charge is -2.29. The van der Waals surface area contributed by atoms with Gasteiger partial charge in [-0.3, -0.25) is 5.10 Å². The Bertz CT molecular complexity index is 1120. The van der Waals surface area contributed by atoms with Crippen LogP contribution in [-0.4, -0.2) is 10.2 Å². The van der Waals surface area contributed by atoms with Crippen molar-refractivity contribution in [1.82, 2.24) is 10.2 Å². The molecule has 2 atom stereocenters. The first-order valence-corrected chi connectivity index (χ1v) is 15.4. The predicted octanol–water partition coefficient (Wildman–Crippen LogP) is 11.6. The van der Waals surface area contributed by atoms with Crippen LogP contribution in [0.2, 0.25) is 0 Å². The van der Waals surface area contributed by atoms with Gasteiger partial charge >= 0.3 is 0 Å². The molecule has 3 heteroatoms. The third-order valence-electron chi connectivity index (χ3n) is 7.95. The van der Waals surface area contributed by atoms with E-state index < -0.39 is 0 Å². The van der Waals surface area contributed by atoms with Crippen molar-refractivity contribution < 1.29 is 4.39 Å². The maximum atomic E-state index is 13.1. The minimum atomic E-state index is -0.224. The van der Waals surface area contributed by atoms with Gasteiger partial charge in [-0.2, -0.15) is 5.10 Å². The number of fused-ring (bicyclic) bond motifs is 1. The number of H-pyrrole nitrogens is 1. The zero-order valence-corrected chi connectivity index (χ0v) is 25.5. The standard InChI is InChI=1S/C14H19FN2.C12H14.C10H20/c1-3-5-10(6-4-2)14-12-8-7-11(15)9-13(12)16-17-14;1-10(2)7-8-12-6-4-5-11(3)9-12;1-3-9-7-5-6-8-10(9)4-2/h7-10H,3-6H2,1-2H3,(H,16,17);4-9H,1H2,2-3H3;9-10H,3-8H2,1-2H3/b;8-7+;. The Labute approximate surface area is 238 Å². The van der Waals surface area contributed by atoms with Crippen LogP contribution < -0.4 is 0 Å². The lowest BCUT2D eigenvalue weighted by Crippen LogP contribution is -2.17. The number of benzene rings is 2. The van der Waals surface area contributed by atoms with E-state index >= 15 is 0 Å². The molecule has 2 unspecified atom stereocenters. The highest BCUT2D eigenvalue weighted by molar-refractivity contribution is 5.81. The van der Waals surface area contributed by atoms with Gasteiger partial charge in [-0.1, -0.05) is 133 Å². The topological polar surface area (TPSA) is 28.7 Å². The summed E-state index contributed by atoms with van der Waals surface area (Å²) in [7, 11) is 0. The van der Waals surface area contributed by atoms with Gasteiger partial charge in [0.1, 0.15) is 5.82 Å². The van der Waals surface area contributed by atoms with E-state index in [9.17, 15) is 4.39 Å². The Morgan fingerprint density at radius 1 is 1.00 bits per heavy atom. The van der Waals surface area contributed by atoms with Gasteiger partial charge in [0.15, 0.2) is 0 Å². The molecule has 1 N–H and O–H groups in total. The summed E-state index contributed by atoms with van der Waals surface area (Å²) in [5.41, 5.74) is 5.51. The van der Waals surface area contributed by atoms with Gasteiger partial charge in [0.25, 0.3) is 0 Å². The SMILES string of the molecule is C=C(C)/C=C/c1cccc(C)c1.CCC1CCCCC1CC.CCCC(CCC)c1[nH]nc2cc(F)ccc12. The smallest absolute Gasteiger partial charge is 0.125 e. The minimum Gasteiger partial charge on any atom is -0.281 e. The van der Waals surface area contributed by atoms with E-state index in [-0.39, 0.29) is 5.82 Å². The molecule has 1 saturated carbocycles. The molecule has 0 amide bonds. The highest BCUT2D eigenvalue weighted by Crippen LogP contribution is 2.34. The van der Waals surface area contributed by atoms with Crippen LogP contribution in [0, 0.1) is 24.6 Å². The van der Waals surface area contributed by atoms with E-state index in [4.69, 9.17) is 0 Å². The summed E-state index contributed by atoms with van der Waals surface area (Å²) < 4.78 is 13.1. The summed E-state index contributed by atoms with van der Waals surface area (Å²) in [4.78, 5) is 0. The van der Waals surface area contributed by atoms with E-state index in [1.807, 2.05) is 19.1 Å². The predicted molar refractivity (Wildman–Crippen MR) is 170 cm³/mol. The van der Waals surface area contributed by atoms with Crippen LogP contribution >= 0.6 is 0 Å². The number of hydrogen-bond acceptors (Lipinski definition) is 1. The van der Waals surface area contributed by atoms with Crippen LogP contribution in [-0.2, 0) is 0 Å².